The van der Waals surface area contributed by atoms with Crippen LogP contribution in [0.4, 0.5) is 5.95 Å². The molecule has 0 unspecified atom stereocenters. The lowest BCUT2D eigenvalue weighted by atomic mass is 10.0. The summed E-state index contributed by atoms with van der Waals surface area (Å²) < 4.78 is 0. The van der Waals surface area contributed by atoms with Gasteiger partial charge < -0.3 is 0 Å². The summed E-state index contributed by atoms with van der Waals surface area (Å²) in [5.74, 6) is -0.166. The van der Waals surface area contributed by atoms with Crippen LogP contribution in [0, 0.1) is 6.92 Å². The summed E-state index contributed by atoms with van der Waals surface area (Å²) in [7, 11) is 0. The van der Waals surface area contributed by atoms with Crippen molar-refractivity contribution < 1.29 is 4.79 Å². The highest BCUT2D eigenvalue weighted by Gasteiger charge is 2.15. The third-order valence-electron chi connectivity index (χ3n) is 2.78. The van der Waals surface area contributed by atoms with E-state index < -0.39 is 0 Å². The van der Waals surface area contributed by atoms with Gasteiger partial charge in [-0.1, -0.05) is 23.3 Å². The number of nitrogens with zero attached hydrogens (tertiary/aromatic N) is 4. The van der Waals surface area contributed by atoms with E-state index in [1.54, 1.807) is 6.20 Å². The van der Waals surface area contributed by atoms with Crippen LogP contribution >= 0.6 is 0 Å². The van der Waals surface area contributed by atoms with Crippen molar-refractivity contribution in [3.63, 3.8) is 0 Å². The summed E-state index contributed by atoms with van der Waals surface area (Å²) in [5, 5.41) is 16.5. The number of hydrogen-bond donors (Lipinski definition) is 2. The Labute approximate surface area is 108 Å². The van der Waals surface area contributed by atoms with Gasteiger partial charge in [-0.25, -0.2) is 0 Å². The number of anilines is 1. The SMILES string of the molecule is Cc1ccc2cccnc2c1C(=O)Nc1nn[nH]n1. The Bertz CT molecular complexity index is 737. The van der Waals surface area contributed by atoms with Crippen LogP contribution in [0.25, 0.3) is 10.9 Å². The van der Waals surface area contributed by atoms with Gasteiger partial charge in [-0.05, 0) is 23.8 Å². The summed E-state index contributed by atoms with van der Waals surface area (Å²) in [5.41, 5.74) is 2.01. The molecule has 0 bridgehead atoms. The lowest BCUT2D eigenvalue weighted by molar-refractivity contribution is 0.102. The van der Waals surface area contributed by atoms with E-state index in [0.29, 0.717) is 11.1 Å². The Kier molecular flexibility index (Phi) is 2.64. The Hall–Kier alpha value is -2.83. The number of nitrogens with one attached hydrogen (secondary N) is 2. The van der Waals surface area contributed by atoms with Crippen LogP contribution in [-0.4, -0.2) is 31.5 Å². The van der Waals surface area contributed by atoms with Crippen LogP contribution in [0.3, 0.4) is 0 Å². The predicted octanol–water partition coefficient (Wildman–Crippen LogP) is 1.31. The molecular formula is C12H10N6O. The molecule has 19 heavy (non-hydrogen) atoms. The fourth-order valence-electron chi connectivity index (χ4n) is 1.91. The minimum absolute atomic E-state index is 0.136. The van der Waals surface area contributed by atoms with E-state index in [4.69, 9.17) is 0 Å². The van der Waals surface area contributed by atoms with Crippen molar-refractivity contribution in [1.29, 1.82) is 0 Å². The molecule has 0 saturated carbocycles. The molecule has 0 aliphatic heterocycles. The van der Waals surface area contributed by atoms with Crippen LogP contribution in [0.2, 0.25) is 0 Å². The van der Waals surface area contributed by atoms with Crippen LogP contribution in [0.5, 0.6) is 0 Å². The molecule has 94 valence electrons. The van der Waals surface area contributed by atoms with Crippen molar-refractivity contribution >= 4 is 22.8 Å². The van der Waals surface area contributed by atoms with Crippen molar-refractivity contribution in [1.82, 2.24) is 25.6 Å². The zero-order chi connectivity index (χ0) is 13.2. The quantitative estimate of drug-likeness (QED) is 0.718. The molecule has 7 heteroatoms. The molecule has 0 saturated heterocycles. The summed E-state index contributed by atoms with van der Waals surface area (Å²) in [6.45, 7) is 1.86. The summed E-state index contributed by atoms with van der Waals surface area (Å²) in [6, 6.07) is 7.56. The number of benzene rings is 1. The molecule has 3 rings (SSSR count). The van der Waals surface area contributed by atoms with Crippen LogP contribution in [0.15, 0.2) is 30.5 Å². The van der Waals surface area contributed by atoms with Gasteiger partial charge in [-0.15, -0.1) is 5.10 Å². The maximum Gasteiger partial charge on any atom is 0.270 e. The summed E-state index contributed by atoms with van der Waals surface area (Å²) >= 11 is 0. The Morgan fingerprint density at radius 1 is 1.32 bits per heavy atom. The first-order valence-corrected chi connectivity index (χ1v) is 5.65. The Morgan fingerprint density at radius 3 is 3.00 bits per heavy atom. The highest BCUT2D eigenvalue weighted by Crippen LogP contribution is 2.20. The molecule has 0 aliphatic rings. The molecule has 2 N–H and O–H groups in total. The van der Waals surface area contributed by atoms with E-state index in [2.05, 4.69) is 30.9 Å². The van der Waals surface area contributed by atoms with Crippen LogP contribution in [-0.2, 0) is 0 Å². The number of aromatic nitrogens is 5. The second-order valence-electron chi connectivity index (χ2n) is 4.02. The van der Waals surface area contributed by atoms with Crippen molar-refractivity contribution in [2.24, 2.45) is 0 Å². The van der Waals surface area contributed by atoms with Gasteiger partial charge in [0.2, 0.25) is 0 Å². The van der Waals surface area contributed by atoms with Gasteiger partial charge in [0.1, 0.15) is 0 Å². The van der Waals surface area contributed by atoms with Gasteiger partial charge in [0, 0.05) is 11.6 Å². The first kappa shape index (κ1) is 11.3. The molecule has 3 aromatic rings. The van der Waals surface area contributed by atoms with Gasteiger partial charge in [0.25, 0.3) is 11.9 Å². The Morgan fingerprint density at radius 2 is 2.21 bits per heavy atom. The van der Waals surface area contributed by atoms with Gasteiger partial charge in [0.15, 0.2) is 0 Å². The summed E-state index contributed by atoms with van der Waals surface area (Å²) in [4.78, 5) is 16.5. The fourth-order valence-corrected chi connectivity index (χ4v) is 1.91. The first-order valence-electron chi connectivity index (χ1n) is 5.65. The average molecular weight is 254 g/mol. The molecule has 7 nitrogen and oxygen atoms in total. The highest BCUT2D eigenvalue weighted by molar-refractivity contribution is 6.12. The van der Waals surface area contributed by atoms with E-state index in [1.165, 1.54) is 0 Å². The van der Waals surface area contributed by atoms with Crippen LogP contribution in [0.1, 0.15) is 15.9 Å². The number of pyridine rings is 1. The van der Waals surface area contributed by atoms with E-state index in [9.17, 15) is 4.79 Å². The normalized spacial score (nSPS) is 10.6. The maximum absolute atomic E-state index is 12.3. The second kappa shape index (κ2) is 4.45. The molecule has 0 atom stereocenters. The molecule has 0 spiro atoms. The third-order valence-corrected chi connectivity index (χ3v) is 2.78. The third kappa shape index (κ3) is 2.01. The number of hydrogen-bond acceptors (Lipinski definition) is 5. The number of H-pyrrole nitrogens is 1. The molecule has 0 radical (unpaired) electrons. The van der Waals surface area contributed by atoms with E-state index >= 15 is 0 Å². The Balaban J connectivity index is 2.08. The van der Waals surface area contributed by atoms with Crippen molar-refractivity contribution in [3.05, 3.63) is 41.6 Å². The van der Waals surface area contributed by atoms with Gasteiger partial charge >= 0.3 is 0 Å². The van der Waals surface area contributed by atoms with Gasteiger partial charge in [0.05, 0.1) is 11.1 Å². The lowest BCUT2D eigenvalue weighted by Gasteiger charge is -2.08. The number of rotatable bonds is 2. The number of aromatic amines is 1. The minimum Gasteiger partial charge on any atom is -0.288 e. The minimum atomic E-state index is -0.303. The number of amides is 1. The van der Waals surface area contributed by atoms with Gasteiger partial charge in [-0.2, -0.15) is 5.21 Å². The van der Waals surface area contributed by atoms with Crippen molar-refractivity contribution in [3.8, 4) is 0 Å². The van der Waals surface area contributed by atoms with E-state index in [-0.39, 0.29) is 11.9 Å². The smallest absolute Gasteiger partial charge is 0.270 e. The number of carbonyl (C=O) groups excluding carboxylic acids is 1. The maximum atomic E-state index is 12.3. The highest BCUT2D eigenvalue weighted by atomic mass is 16.1. The second-order valence-corrected chi connectivity index (χ2v) is 4.02. The van der Waals surface area contributed by atoms with Crippen molar-refractivity contribution in [2.45, 2.75) is 6.92 Å². The number of tetrazole rings is 1. The molecule has 0 aliphatic carbocycles. The molecule has 2 heterocycles. The standard InChI is InChI=1S/C12H10N6O/c1-7-4-5-8-3-2-6-13-10(8)9(7)11(19)14-12-15-17-18-16-12/h2-6H,1H3,(H2,14,15,16,17,18,19). The largest absolute Gasteiger partial charge is 0.288 e. The van der Waals surface area contributed by atoms with Crippen molar-refractivity contribution in [2.75, 3.05) is 5.32 Å². The molecule has 2 aromatic heterocycles. The van der Waals surface area contributed by atoms with E-state index in [0.717, 1.165) is 10.9 Å². The topological polar surface area (TPSA) is 96.5 Å². The first-order chi connectivity index (χ1) is 9.25. The van der Waals surface area contributed by atoms with Gasteiger partial charge in [-0.3, -0.25) is 15.1 Å². The summed E-state index contributed by atoms with van der Waals surface area (Å²) in [6.07, 6.45) is 1.66. The fraction of sp³-hybridized carbons (Fsp3) is 0.0833. The zero-order valence-corrected chi connectivity index (χ0v) is 10.1. The van der Waals surface area contributed by atoms with E-state index in [1.807, 2.05) is 31.2 Å². The predicted molar refractivity (Wildman–Crippen MR) is 68.6 cm³/mol. The molecule has 0 fully saturated rings. The molecular weight excluding hydrogens is 244 g/mol. The number of carbonyl (C=O) groups is 1. The average Bonchev–Trinajstić information content (AvgIpc) is 2.91. The number of aryl methyl sites for hydroxylation is 1. The van der Waals surface area contributed by atoms with Crippen LogP contribution < -0.4 is 5.32 Å². The zero-order valence-electron chi connectivity index (χ0n) is 10.1. The lowest BCUT2D eigenvalue weighted by Crippen LogP contribution is -2.15. The molecule has 1 aromatic carbocycles. The molecule has 1 amide bonds. The number of fused-ring (bicyclic) bond motifs is 1. The monoisotopic (exact) mass is 254 g/mol.